The molecule has 0 amide bonds. The summed E-state index contributed by atoms with van der Waals surface area (Å²) in [6, 6.07) is 35.7. The molecule has 1 aromatic heterocycles. The van der Waals surface area contributed by atoms with E-state index >= 15 is 0 Å². The van der Waals surface area contributed by atoms with E-state index in [-0.39, 0.29) is 37.9 Å². The highest BCUT2D eigenvalue weighted by molar-refractivity contribution is 7.89. The number of non-ortho nitro benzene ring substituents is 3. The van der Waals surface area contributed by atoms with E-state index in [9.17, 15) is 70.3 Å². The summed E-state index contributed by atoms with van der Waals surface area (Å²) in [5, 5.41) is 46.2. The molecular weight excluding hydrogens is 1210 g/mol. The number of aromatic nitrogens is 2. The summed E-state index contributed by atoms with van der Waals surface area (Å²) in [4.78, 5) is 60.7. The lowest BCUT2D eigenvalue weighted by molar-refractivity contribution is -0.385. The minimum Gasteiger partial charge on any atom is -0.497 e. The number of benzene rings is 6. The Hall–Kier alpha value is -8.59. The molecule has 0 saturated carbocycles. The van der Waals surface area contributed by atoms with Crippen LogP contribution in [-0.4, -0.2) is 140 Å². The van der Waals surface area contributed by atoms with Gasteiger partial charge in [-0.05, 0) is 103 Å². The van der Waals surface area contributed by atoms with E-state index in [4.69, 9.17) is 18.9 Å². The molecule has 27 nitrogen and oxygen atoms in total. The predicted molar refractivity (Wildman–Crippen MR) is 316 cm³/mol. The number of H-pyrrole nitrogens is 1. The molecule has 0 unspecified atom stereocenters. The molecule has 6 aromatic carbocycles. The number of sulfonamides is 3. The molecule has 3 heterocycles. The summed E-state index contributed by atoms with van der Waals surface area (Å²) in [6.45, 7) is -3.55. The van der Waals surface area contributed by atoms with Crippen LogP contribution in [0.1, 0.15) is 47.7 Å². The molecule has 2 N–H and O–H groups in total. The first-order valence-electron chi connectivity index (χ1n) is 27.4. The third-order valence-corrected chi connectivity index (χ3v) is 21.1. The number of aryl methyl sites for hydroxylation is 1. The summed E-state index contributed by atoms with van der Waals surface area (Å²) in [5.74, 6) is 0.221. The number of nitro groups is 3. The van der Waals surface area contributed by atoms with Crippen LogP contribution in [0.4, 0.5) is 17.1 Å². The van der Waals surface area contributed by atoms with Crippen LogP contribution in [0, 0.1) is 36.3 Å². The second-order valence-corrected chi connectivity index (χ2v) is 26.5. The van der Waals surface area contributed by atoms with Crippen molar-refractivity contribution in [2.45, 2.75) is 64.4 Å². The van der Waals surface area contributed by atoms with Gasteiger partial charge in [-0.25, -0.2) is 30.0 Å². The van der Waals surface area contributed by atoms with Gasteiger partial charge in [-0.15, -0.1) is 0 Å². The van der Waals surface area contributed by atoms with Gasteiger partial charge < -0.3 is 24.1 Å². The van der Waals surface area contributed by atoms with Crippen LogP contribution in [0.15, 0.2) is 182 Å². The van der Waals surface area contributed by atoms with Crippen LogP contribution in [0.3, 0.4) is 0 Å². The van der Waals surface area contributed by atoms with Gasteiger partial charge in [0.15, 0.2) is 0 Å². The maximum Gasteiger partial charge on any atom is 0.330 e. The molecule has 2 fully saturated rings. The average Bonchev–Trinajstić information content (AvgIpc) is 0.997. The molecule has 2 aliphatic rings. The van der Waals surface area contributed by atoms with Gasteiger partial charge in [-0.3, -0.25) is 44.7 Å². The molecule has 88 heavy (non-hydrogen) atoms. The Kier molecular flexibility index (Phi) is 19.5. The highest BCUT2D eigenvalue weighted by Gasteiger charge is 2.43. The maximum atomic E-state index is 14.7. The number of aliphatic hydroxyl groups excluding tert-OH is 1. The van der Waals surface area contributed by atoms with Crippen LogP contribution in [0.5, 0.6) is 11.5 Å². The normalized spacial score (nSPS) is 17.9. The fraction of sp³-hybridized carbons (Fsp3) is 0.310. The highest BCUT2D eigenvalue weighted by Crippen LogP contribution is 2.43. The largest absolute Gasteiger partial charge is 0.497 e. The van der Waals surface area contributed by atoms with Crippen molar-refractivity contribution in [3.05, 3.63) is 231 Å². The lowest BCUT2D eigenvalue weighted by atomic mass is 9.80. The number of nitrogens with one attached hydrogen (secondary N) is 1. The molecule has 7 aromatic rings. The summed E-state index contributed by atoms with van der Waals surface area (Å²) in [7, 11) is -11.0. The Morgan fingerprint density at radius 1 is 0.591 bits per heavy atom. The van der Waals surface area contributed by atoms with Gasteiger partial charge in [0.05, 0.1) is 56.4 Å². The monoisotopic (exact) mass is 1270 g/mol. The third-order valence-electron chi connectivity index (χ3n) is 15.4. The van der Waals surface area contributed by atoms with Crippen LogP contribution in [0.25, 0.3) is 0 Å². The van der Waals surface area contributed by atoms with Gasteiger partial charge in [-0.1, -0.05) is 54.6 Å². The van der Waals surface area contributed by atoms with E-state index in [0.29, 0.717) is 22.6 Å². The quantitative estimate of drug-likeness (QED) is 0.0449. The van der Waals surface area contributed by atoms with E-state index < -0.39 is 157 Å². The summed E-state index contributed by atoms with van der Waals surface area (Å²) in [6.07, 6.45) is -2.27. The van der Waals surface area contributed by atoms with Crippen molar-refractivity contribution in [1.29, 1.82) is 0 Å². The standard InChI is InChI=1S/C58H60N8O19S3/c1-82-48-21-11-43(12-22-48)58(42-9-4-3-5-10-42,44-13-23-49(83-2)24-14-44)84-39-54-53(67)35-55(85-54)63-38-41(56(68)59-57(63)69)8-6-7-40-36-61(87(78,79)51-27-17-46(18-28-51)65(72)73)33-31-60(86(76,77)50-25-15-45(16-26-50)64(70)71)32-34-62(37-40)88(80,81)52-29-19-47(20-30-52)66(74)75/h3-5,9-30,38,40,53-55,67H,6-8,31-37,39H2,1-2H3,(H,59,68,69)/t53-,54+,55+/m0/s1. The number of nitro benzene ring substituents is 3. The number of nitrogens with zero attached hydrogens (tertiary/aromatic N) is 7. The van der Waals surface area contributed by atoms with Crippen LogP contribution >= 0.6 is 0 Å². The van der Waals surface area contributed by atoms with Crippen molar-refractivity contribution >= 4 is 47.1 Å². The van der Waals surface area contributed by atoms with Crippen molar-refractivity contribution in [2.75, 3.05) is 60.1 Å². The van der Waals surface area contributed by atoms with Crippen LogP contribution in [0.2, 0.25) is 0 Å². The molecular formula is C58H60N8O19S3. The molecule has 464 valence electrons. The molecule has 0 bridgehead atoms. The second kappa shape index (κ2) is 26.8. The van der Waals surface area contributed by atoms with Gasteiger partial charge in [0, 0.05) is 93.8 Å². The van der Waals surface area contributed by atoms with E-state index in [1.807, 2.05) is 54.6 Å². The molecule has 3 atom stereocenters. The zero-order valence-corrected chi connectivity index (χ0v) is 49.7. The van der Waals surface area contributed by atoms with Crippen molar-refractivity contribution in [3.8, 4) is 11.5 Å². The smallest absolute Gasteiger partial charge is 0.330 e. The average molecular weight is 1270 g/mol. The number of ether oxygens (including phenoxy) is 4. The Bertz CT molecular complexity index is 3980. The number of aliphatic hydroxyl groups is 1. The Balaban J connectivity index is 1.01. The summed E-state index contributed by atoms with van der Waals surface area (Å²) in [5.41, 5.74) is -2.05. The molecule has 30 heteroatoms. The maximum absolute atomic E-state index is 14.7. The van der Waals surface area contributed by atoms with Gasteiger partial charge in [-0.2, -0.15) is 12.9 Å². The number of hydrogen-bond donors (Lipinski definition) is 2. The first kappa shape index (κ1) is 63.9. The third kappa shape index (κ3) is 13.7. The predicted octanol–water partition coefficient (Wildman–Crippen LogP) is 5.96. The van der Waals surface area contributed by atoms with Gasteiger partial charge in [0.1, 0.15) is 29.4 Å². The van der Waals surface area contributed by atoms with E-state index in [1.165, 1.54) is 6.20 Å². The van der Waals surface area contributed by atoms with Gasteiger partial charge >= 0.3 is 5.69 Å². The fourth-order valence-corrected chi connectivity index (χ4v) is 15.2. The van der Waals surface area contributed by atoms with E-state index in [0.717, 1.165) is 95.8 Å². The Morgan fingerprint density at radius 2 is 1.00 bits per heavy atom. The summed E-state index contributed by atoms with van der Waals surface area (Å²) >= 11 is 0. The van der Waals surface area contributed by atoms with Crippen molar-refractivity contribution in [3.63, 3.8) is 0 Å². The molecule has 0 aliphatic carbocycles. The van der Waals surface area contributed by atoms with Crippen molar-refractivity contribution in [2.24, 2.45) is 5.92 Å². The molecule has 0 radical (unpaired) electrons. The number of methoxy groups -OCH3 is 2. The van der Waals surface area contributed by atoms with Crippen molar-refractivity contribution < 1.29 is 64.1 Å². The topological polar surface area (TPSA) is 354 Å². The molecule has 2 saturated heterocycles. The Morgan fingerprint density at radius 3 is 1.42 bits per heavy atom. The fourth-order valence-electron chi connectivity index (χ4n) is 10.7. The lowest BCUT2D eigenvalue weighted by Crippen LogP contribution is -2.50. The number of hydrogen-bond acceptors (Lipinski definition) is 19. The van der Waals surface area contributed by atoms with E-state index in [1.54, 1.807) is 38.5 Å². The molecule has 0 spiro atoms. The SMILES string of the molecule is COc1ccc(C(OC[C@H]2O[C@@H](n3cc(CCCC4CN(S(=O)(=O)c5ccc([N+](=O)[O-])cc5)CCN(S(=O)(=O)c5ccc([N+](=O)[O-])cc5)CCN(S(=O)(=O)c5ccc([N+](=O)[O-])cc5)C4)c(=O)[nH]c3=O)C[C@@H]2O)(c2ccccc2)c2ccc(OC)cc2)cc1. The van der Waals surface area contributed by atoms with Crippen LogP contribution in [-0.2, 0) is 51.6 Å². The first-order chi connectivity index (χ1) is 42.0. The first-order valence-corrected chi connectivity index (χ1v) is 31.7. The van der Waals surface area contributed by atoms with Crippen LogP contribution < -0.4 is 20.7 Å². The zero-order chi connectivity index (χ0) is 63.1. The highest BCUT2D eigenvalue weighted by atomic mass is 32.2. The van der Waals surface area contributed by atoms with E-state index in [2.05, 4.69) is 4.98 Å². The lowest BCUT2D eigenvalue weighted by Gasteiger charge is -2.37. The van der Waals surface area contributed by atoms with Crippen molar-refractivity contribution in [1.82, 2.24) is 22.5 Å². The second-order valence-electron chi connectivity index (χ2n) is 20.7. The summed E-state index contributed by atoms with van der Waals surface area (Å²) < 4.78 is 116. The van der Waals surface area contributed by atoms with Gasteiger partial charge in [0.25, 0.3) is 22.6 Å². The number of aromatic amines is 1. The Labute approximate surface area is 504 Å². The molecule has 2 aliphatic heterocycles. The zero-order valence-electron chi connectivity index (χ0n) is 47.2. The molecule has 9 rings (SSSR count). The van der Waals surface area contributed by atoms with Gasteiger partial charge in [0.2, 0.25) is 30.1 Å². The minimum absolute atomic E-state index is 0.0341. The number of rotatable bonds is 22. The minimum atomic E-state index is -4.71.